The monoisotopic (exact) mass is 261 g/mol. The molecule has 0 bridgehead atoms. The predicted molar refractivity (Wildman–Crippen MR) is 75.4 cm³/mol. The largest absolute Gasteiger partial charge is 0.493 e. The molecule has 0 amide bonds. The predicted octanol–water partition coefficient (Wildman–Crippen LogP) is 2.91. The molecule has 1 aromatic rings. The van der Waals surface area contributed by atoms with Crippen LogP contribution in [0.5, 0.6) is 5.75 Å². The first-order chi connectivity index (χ1) is 9.38. The van der Waals surface area contributed by atoms with Gasteiger partial charge < -0.3 is 14.8 Å². The second-order valence-corrected chi connectivity index (χ2v) is 5.49. The van der Waals surface area contributed by atoms with Crippen LogP contribution in [-0.4, -0.2) is 25.8 Å². The van der Waals surface area contributed by atoms with Crippen molar-refractivity contribution in [2.45, 2.75) is 38.3 Å². The molecule has 0 spiro atoms. The highest BCUT2D eigenvalue weighted by molar-refractivity contribution is 5.36. The highest BCUT2D eigenvalue weighted by Crippen LogP contribution is 2.39. The summed E-state index contributed by atoms with van der Waals surface area (Å²) in [6.45, 7) is 4.66. The Morgan fingerprint density at radius 3 is 2.89 bits per heavy atom. The molecule has 0 aromatic heterocycles. The second kappa shape index (κ2) is 5.93. The molecule has 1 heterocycles. The van der Waals surface area contributed by atoms with Crippen molar-refractivity contribution in [1.82, 2.24) is 5.32 Å². The third kappa shape index (κ3) is 3.10. The van der Waals surface area contributed by atoms with E-state index in [1.54, 1.807) is 0 Å². The molecule has 1 saturated carbocycles. The number of ether oxygens (including phenoxy) is 2. The van der Waals surface area contributed by atoms with Crippen molar-refractivity contribution in [3.8, 4) is 5.75 Å². The Hall–Kier alpha value is -1.06. The van der Waals surface area contributed by atoms with Gasteiger partial charge in [-0.25, -0.2) is 0 Å². The maximum Gasteiger partial charge on any atom is 0.125 e. The molecule has 1 aliphatic carbocycles. The highest BCUT2D eigenvalue weighted by Gasteiger charge is 2.33. The van der Waals surface area contributed by atoms with Gasteiger partial charge in [0.1, 0.15) is 5.75 Å². The van der Waals surface area contributed by atoms with Crippen LogP contribution in [0.1, 0.15) is 37.9 Å². The summed E-state index contributed by atoms with van der Waals surface area (Å²) in [7, 11) is 0. The smallest absolute Gasteiger partial charge is 0.125 e. The van der Waals surface area contributed by atoms with Crippen LogP contribution in [0.2, 0.25) is 0 Å². The van der Waals surface area contributed by atoms with Gasteiger partial charge in [0.05, 0.1) is 12.7 Å². The van der Waals surface area contributed by atoms with E-state index in [1.165, 1.54) is 18.4 Å². The minimum atomic E-state index is 0.189. The van der Waals surface area contributed by atoms with E-state index in [9.17, 15) is 0 Å². The molecule has 2 fully saturated rings. The molecule has 2 atom stereocenters. The average molecular weight is 261 g/mol. The van der Waals surface area contributed by atoms with Gasteiger partial charge >= 0.3 is 0 Å². The minimum Gasteiger partial charge on any atom is -0.493 e. The molecular weight excluding hydrogens is 238 g/mol. The molecule has 19 heavy (non-hydrogen) atoms. The van der Waals surface area contributed by atoms with E-state index < -0.39 is 0 Å². The van der Waals surface area contributed by atoms with Crippen molar-refractivity contribution in [1.29, 1.82) is 0 Å². The number of rotatable bonds is 6. The lowest BCUT2D eigenvalue weighted by Crippen LogP contribution is -2.26. The molecule has 3 nitrogen and oxygen atoms in total. The average Bonchev–Trinajstić information content (AvgIpc) is 3.15. The van der Waals surface area contributed by atoms with E-state index in [2.05, 4.69) is 17.4 Å². The van der Waals surface area contributed by atoms with E-state index >= 15 is 0 Å². The van der Waals surface area contributed by atoms with E-state index in [0.717, 1.165) is 31.4 Å². The maximum atomic E-state index is 5.97. The van der Waals surface area contributed by atoms with Gasteiger partial charge in [-0.3, -0.25) is 0 Å². The first kappa shape index (κ1) is 12.9. The lowest BCUT2D eigenvalue weighted by molar-refractivity contribution is 0.0876. The maximum absolute atomic E-state index is 5.97. The summed E-state index contributed by atoms with van der Waals surface area (Å²) in [6.07, 6.45) is 4.01. The summed E-state index contributed by atoms with van der Waals surface area (Å²) < 4.78 is 11.7. The molecule has 3 heteroatoms. The Morgan fingerprint density at radius 2 is 2.11 bits per heavy atom. The van der Waals surface area contributed by atoms with Gasteiger partial charge in [-0.05, 0) is 32.3 Å². The fourth-order valence-corrected chi connectivity index (χ4v) is 2.79. The third-order valence-electron chi connectivity index (χ3n) is 3.99. The zero-order chi connectivity index (χ0) is 13.1. The second-order valence-electron chi connectivity index (χ2n) is 5.49. The fraction of sp³-hybridized carbons (Fsp3) is 0.625. The molecule has 2 aliphatic rings. The van der Waals surface area contributed by atoms with Gasteiger partial charge in [-0.15, -0.1) is 0 Å². The van der Waals surface area contributed by atoms with E-state index in [-0.39, 0.29) is 6.10 Å². The van der Waals surface area contributed by atoms with Gasteiger partial charge in [0.15, 0.2) is 0 Å². The van der Waals surface area contributed by atoms with Crippen LogP contribution in [0.15, 0.2) is 24.3 Å². The molecule has 2 unspecified atom stereocenters. The van der Waals surface area contributed by atoms with Crippen molar-refractivity contribution < 1.29 is 9.47 Å². The Bertz CT molecular complexity index is 417. The van der Waals surface area contributed by atoms with Crippen LogP contribution < -0.4 is 10.1 Å². The quantitative estimate of drug-likeness (QED) is 0.854. The van der Waals surface area contributed by atoms with Crippen LogP contribution >= 0.6 is 0 Å². The Balaban J connectivity index is 1.71. The molecule has 1 N–H and O–H groups in total. The number of benzene rings is 1. The molecule has 1 saturated heterocycles. The van der Waals surface area contributed by atoms with Crippen molar-refractivity contribution in [2.75, 3.05) is 19.8 Å². The molecular formula is C16H23NO2. The SMILES string of the molecule is CCOc1ccccc1C1OCCC1CNC1CC1. The molecule has 0 radical (unpaired) electrons. The van der Waals surface area contributed by atoms with Crippen LogP contribution in [0, 0.1) is 5.92 Å². The van der Waals surface area contributed by atoms with E-state index in [1.807, 2.05) is 19.1 Å². The summed E-state index contributed by atoms with van der Waals surface area (Å²) in [5, 5.41) is 3.63. The topological polar surface area (TPSA) is 30.5 Å². The standard InChI is InChI=1S/C16H23NO2/c1-2-18-15-6-4-3-5-14(15)16-12(9-10-19-16)11-17-13-7-8-13/h3-6,12-13,16-17H,2,7-11H2,1H3. The van der Waals surface area contributed by atoms with Gasteiger partial charge in [-0.1, -0.05) is 18.2 Å². The van der Waals surface area contributed by atoms with E-state index in [0.29, 0.717) is 12.5 Å². The highest BCUT2D eigenvalue weighted by atomic mass is 16.5. The number of para-hydroxylation sites is 1. The van der Waals surface area contributed by atoms with Gasteiger partial charge in [0.2, 0.25) is 0 Å². The molecule has 3 rings (SSSR count). The third-order valence-corrected chi connectivity index (χ3v) is 3.99. The van der Waals surface area contributed by atoms with Crippen LogP contribution in [0.3, 0.4) is 0 Å². The summed E-state index contributed by atoms with van der Waals surface area (Å²) in [6, 6.07) is 9.06. The molecule has 1 aromatic carbocycles. The Morgan fingerprint density at radius 1 is 1.26 bits per heavy atom. The van der Waals surface area contributed by atoms with Crippen molar-refractivity contribution >= 4 is 0 Å². The minimum absolute atomic E-state index is 0.189. The van der Waals surface area contributed by atoms with Crippen molar-refractivity contribution in [3.63, 3.8) is 0 Å². The summed E-state index contributed by atoms with van der Waals surface area (Å²) in [5.74, 6) is 1.55. The van der Waals surface area contributed by atoms with Crippen molar-refractivity contribution in [2.24, 2.45) is 5.92 Å². The zero-order valence-electron chi connectivity index (χ0n) is 11.6. The lowest BCUT2D eigenvalue weighted by atomic mass is 9.94. The van der Waals surface area contributed by atoms with Gasteiger partial charge in [-0.2, -0.15) is 0 Å². The normalized spacial score (nSPS) is 26.6. The summed E-state index contributed by atoms with van der Waals surface area (Å²) >= 11 is 0. The fourth-order valence-electron chi connectivity index (χ4n) is 2.79. The zero-order valence-corrected chi connectivity index (χ0v) is 11.6. The van der Waals surface area contributed by atoms with Crippen LogP contribution in [0.4, 0.5) is 0 Å². The van der Waals surface area contributed by atoms with E-state index in [4.69, 9.17) is 9.47 Å². The first-order valence-electron chi connectivity index (χ1n) is 7.45. The van der Waals surface area contributed by atoms with Gasteiger partial charge in [0.25, 0.3) is 0 Å². The number of nitrogens with one attached hydrogen (secondary N) is 1. The Labute approximate surface area is 115 Å². The summed E-state index contributed by atoms with van der Waals surface area (Å²) in [4.78, 5) is 0. The summed E-state index contributed by atoms with van der Waals surface area (Å²) in [5.41, 5.74) is 1.21. The Kier molecular flexibility index (Phi) is 4.04. The first-order valence-corrected chi connectivity index (χ1v) is 7.45. The number of hydrogen-bond donors (Lipinski definition) is 1. The van der Waals surface area contributed by atoms with Gasteiger partial charge in [0, 0.05) is 30.7 Å². The molecule has 104 valence electrons. The van der Waals surface area contributed by atoms with Crippen LogP contribution in [-0.2, 0) is 4.74 Å². The van der Waals surface area contributed by atoms with Crippen molar-refractivity contribution in [3.05, 3.63) is 29.8 Å². The van der Waals surface area contributed by atoms with Crippen LogP contribution in [0.25, 0.3) is 0 Å². The number of hydrogen-bond acceptors (Lipinski definition) is 3. The molecule has 1 aliphatic heterocycles. The lowest BCUT2D eigenvalue weighted by Gasteiger charge is -2.21.